The summed E-state index contributed by atoms with van der Waals surface area (Å²) in [6.07, 6.45) is 2.25. The van der Waals surface area contributed by atoms with Gasteiger partial charge in [0.05, 0.1) is 5.56 Å². The number of hydrogen-bond donors (Lipinski definition) is 1. The molecule has 5 heteroatoms. The minimum Gasteiger partial charge on any atom is -0.478 e. The normalized spacial score (nSPS) is 14.6. The molecule has 0 amide bonds. The van der Waals surface area contributed by atoms with Crippen LogP contribution >= 0.6 is 0 Å². The van der Waals surface area contributed by atoms with Gasteiger partial charge in [-0.3, -0.25) is 0 Å². The molecule has 1 fully saturated rings. The second-order valence-corrected chi connectivity index (χ2v) is 5.45. The Kier molecular flexibility index (Phi) is 2.85. The fourth-order valence-electron chi connectivity index (χ4n) is 2.51. The van der Waals surface area contributed by atoms with E-state index in [4.69, 9.17) is 0 Å². The molecule has 0 bridgehead atoms. The average Bonchev–Trinajstić information content (AvgIpc) is 3.16. The van der Waals surface area contributed by atoms with E-state index in [0.717, 1.165) is 29.8 Å². The van der Waals surface area contributed by atoms with Crippen molar-refractivity contribution in [2.75, 3.05) is 0 Å². The summed E-state index contributed by atoms with van der Waals surface area (Å²) in [5.41, 5.74) is 2.65. The maximum atomic E-state index is 11.6. The van der Waals surface area contributed by atoms with Gasteiger partial charge >= 0.3 is 5.97 Å². The van der Waals surface area contributed by atoms with E-state index in [2.05, 4.69) is 10.1 Å². The van der Waals surface area contributed by atoms with Crippen molar-refractivity contribution in [2.45, 2.75) is 32.6 Å². The summed E-state index contributed by atoms with van der Waals surface area (Å²) >= 11 is 0. The Labute approximate surface area is 117 Å². The zero-order valence-electron chi connectivity index (χ0n) is 11.8. The third-order valence-electron chi connectivity index (χ3n) is 3.78. The molecule has 0 radical (unpaired) electrons. The lowest BCUT2D eigenvalue weighted by atomic mass is 9.96. The van der Waals surface area contributed by atoms with Crippen LogP contribution in [0.25, 0.3) is 11.4 Å². The molecule has 0 atom stereocenters. The first kappa shape index (κ1) is 12.8. The first-order valence-corrected chi connectivity index (χ1v) is 6.74. The van der Waals surface area contributed by atoms with Crippen molar-refractivity contribution in [3.63, 3.8) is 0 Å². The van der Waals surface area contributed by atoms with Gasteiger partial charge in [0.2, 0.25) is 0 Å². The van der Waals surface area contributed by atoms with Gasteiger partial charge < -0.3 is 5.11 Å². The molecule has 1 aliphatic carbocycles. The smallest absolute Gasteiger partial charge is 0.336 e. The number of hydrogen-bond acceptors (Lipinski definition) is 3. The van der Waals surface area contributed by atoms with Crippen LogP contribution in [0, 0.1) is 13.8 Å². The van der Waals surface area contributed by atoms with E-state index in [1.807, 2.05) is 33.0 Å². The van der Waals surface area contributed by atoms with Gasteiger partial charge in [-0.25, -0.2) is 14.5 Å². The highest BCUT2D eigenvalue weighted by molar-refractivity contribution is 5.97. The Balaban J connectivity index is 2.23. The van der Waals surface area contributed by atoms with Crippen molar-refractivity contribution in [1.29, 1.82) is 0 Å². The van der Waals surface area contributed by atoms with Gasteiger partial charge in [0.25, 0.3) is 0 Å². The second-order valence-electron chi connectivity index (χ2n) is 5.45. The average molecular weight is 271 g/mol. The van der Waals surface area contributed by atoms with Crippen molar-refractivity contribution in [3.8, 4) is 11.4 Å². The third kappa shape index (κ3) is 1.99. The molecule has 0 unspecified atom stereocenters. The number of carbonyl (C=O) groups is 1. The fourth-order valence-corrected chi connectivity index (χ4v) is 2.51. The van der Waals surface area contributed by atoms with Crippen LogP contribution in [0.2, 0.25) is 0 Å². The van der Waals surface area contributed by atoms with Crippen molar-refractivity contribution < 1.29 is 9.90 Å². The highest BCUT2D eigenvalue weighted by atomic mass is 16.4. The van der Waals surface area contributed by atoms with Gasteiger partial charge in [-0.15, -0.1) is 0 Å². The van der Waals surface area contributed by atoms with Gasteiger partial charge in [0.15, 0.2) is 11.6 Å². The molecule has 5 nitrogen and oxygen atoms in total. The molecule has 1 saturated carbocycles. The summed E-state index contributed by atoms with van der Waals surface area (Å²) in [7, 11) is 1.82. The van der Waals surface area contributed by atoms with E-state index in [9.17, 15) is 9.90 Å². The number of aryl methyl sites for hydroxylation is 3. The lowest BCUT2D eigenvalue weighted by molar-refractivity contribution is 0.0697. The first-order valence-electron chi connectivity index (χ1n) is 6.74. The van der Waals surface area contributed by atoms with E-state index < -0.39 is 5.97 Å². The Morgan fingerprint density at radius 1 is 1.30 bits per heavy atom. The summed E-state index contributed by atoms with van der Waals surface area (Å²) in [5.74, 6) is 1.01. The minimum absolute atomic E-state index is 0.322. The molecule has 104 valence electrons. The zero-order valence-corrected chi connectivity index (χ0v) is 11.8. The second kappa shape index (κ2) is 4.44. The van der Waals surface area contributed by atoms with E-state index in [0.29, 0.717) is 22.9 Å². The highest BCUT2D eigenvalue weighted by Gasteiger charge is 2.30. The van der Waals surface area contributed by atoms with Gasteiger partial charge in [-0.2, -0.15) is 5.10 Å². The Hall–Kier alpha value is -2.17. The maximum Gasteiger partial charge on any atom is 0.336 e. The molecular formula is C15H17N3O2. The standard InChI is InChI=1S/C15H17N3O2/c1-8-4-5-9(2)12(15(19)20)11(8)14-16-13(10-6-7-10)17-18(14)3/h4-5,10H,6-7H2,1-3H3,(H,19,20). The van der Waals surface area contributed by atoms with Crippen LogP contribution in [0.5, 0.6) is 0 Å². The van der Waals surface area contributed by atoms with E-state index in [-0.39, 0.29) is 0 Å². The summed E-state index contributed by atoms with van der Waals surface area (Å²) in [5, 5.41) is 13.9. The van der Waals surface area contributed by atoms with Crippen LogP contribution < -0.4 is 0 Å². The van der Waals surface area contributed by atoms with E-state index >= 15 is 0 Å². The monoisotopic (exact) mass is 271 g/mol. The predicted octanol–water partition coefficient (Wildman–Crippen LogP) is 2.67. The predicted molar refractivity (Wildman–Crippen MR) is 74.8 cm³/mol. The molecule has 1 N–H and O–H groups in total. The quantitative estimate of drug-likeness (QED) is 0.931. The molecular weight excluding hydrogens is 254 g/mol. The van der Waals surface area contributed by atoms with Crippen LogP contribution in [0.4, 0.5) is 0 Å². The van der Waals surface area contributed by atoms with Gasteiger partial charge in [0, 0.05) is 18.5 Å². The lowest BCUT2D eigenvalue weighted by Crippen LogP contribution is -2.07. The molecule has 1 heterocycles. The maximum absolute atomic E-state index is 11.6. The van der Waals surface area contributed by atoms with Crippen molar-refractivity contribution >= 4 is 5.97 Å². The number of carboxylic acids is 1. The SMILES string of the molecule is Cc1ccc(C)c(-c2nc(C3CC3)nn2C)c1C(=O)O. The summed E-state index contributed by atoms with van der Waals surface area (Å²) in [6.45, 7) is 3.72. The molecule has 0 spiro atoms. The summed E-state index contributed by atoms with van der Waals surface area (Å²) in [6, 6.07) is 3.77. The Morgan fingerprint density at radius 2 is 1.95 bits per heavy atom. The molecule has 1 aliphatic rings. The van der Waals surface area contributed by atoms with Crippen LogP contribution in [0.3, 0.4) is 0 Å². The van der Waals surface area contributed by atoms with Gasteiger partial charge in [-0.1, -0.05) is 12.1 Å². The molecule has 3 rings (SSSR count). The Bertz CT molecular complexity index is 699. The molecule has 0 saturated heterocycles. The topological polar surface area (TPSA) is 68.0 Å². The van der Waals surface area contributed by atoms with E-state index in [1.54, 1.807) is 4.68 Å². The van der Waals surface area contributed by atoms with Crippen LogP contribution in [-0.4, -0.2) is 25.8 Å². The molecule has 0 aliphatic heterocycles. The van der Waals surface area contributed by atoms with Crippen molar-refractivity contribution in [3.05, 3.63) is 34.6 Å². The molecule has 1 aromatic carbocycles. The lowest BCUT2D eigenvalue weighted by Gasteiger charge is -2.11. The summed E-state index contributed by atoms with van der Waals surface area (Å²) in [4.78, 5) is 16.2. The number of aromatic carboxylic acids is 1. The fraction of sp³-hybridized carbons (Fsp3) is 0.400. The molecule has 2 aromatic rings. The first-order chi connectivity index (χ1) is 9.49. The number of nitrogens with zero attached hydrogens (tertiary/aromatic N) is 3. The Morgan fingerprint density at radius 3 is 2.55 bits per heavy atom. The van der Waals surface area contributed by atoms with Crippen LogP contribution in [0.15, 0.2) is 12.1 Å². The third-order valence-corrected chi connectivity index (χ3v) is 3.78. The number of benzene rings is 1. The number of aromatic nitrogens is 3. The van der Waals surface area contributed by atoms with Crippen LogP contribution in [0.1, 0.15) is 46.1 Å². The van der Waals surface area contributed by atoms with Gasteiger partial charge in [-0.05, 0) is 37.8 Å². The number of rotatable bonds is 3. The summed E-state index contributed by atoms with van der Waals surface area (Å²) < 4.78 is 1.70. The van der Waals surface area contributed by atoms with E-state index in [1.165, 1.54) is 0 Å². The largest absolute Gasteiger partial charge is 0.478 e. The highest BCUT2D eigenvalue weighted by Crippen LogP contribution is 2.39. The van der Waals surface area contributed by atoms with Crippen LogP contribution in [-0.2, 0) is 7.05 Å². The minimum atomic E-state index is -0.919. The number of carboxylic acid groups (broad SMARTS) is 1. The van der Waals surface area contributed by atoms with Crippen molar-refractivity contribution in [1.82, 2.24) is 14.8 Å². The zero-order chi connectivity index (χ0) is 14.4. The molecule has 1 aromatic heterocycles. The van der Waals surface area contributed by atoms with Gasteiger partial charge in [0.1, 0.15) is 0 Å². The van der Waals surface area contributed by atoms with Crippen molar-refractivity contribution in [2.24, 2.45) is 7.05 Å². The molecule has 20 heavy (non-hydrogen) atoms.